The van der Waals surface area contributed by atoms with Crippen molar-refractivity contribution < 1.29 is 22.5 Å². The van der Waals surface area contributed by atoms with Crippen molar-refractivity contribution in [3.8, 4) is 0 Å². The van der Waals surface area contributed by atoms with E-state index in [0.717, 1.165) is 39.0 Å². The third kappa shape index (κ3) is 22.9. The minimum Gasteiger partial charge on any atom is -0.464 e. The van der Waals surface area contributed by atoms with Crippen LogP contribution in [-0.4, -0.2) is 110 Å². The van der Waals surface area contributed by atoms with Crippen LogP contribution in [-0.2, 0) is 19.6 Å². The molecule has 1 rings (SSSR count). The Morgan fingerprint density at radius 2 is 1.29 bits per heavy atom. The Hall–Kier alpha value is 0.0400. The zero-order chi connectivity index (χ0) is 24.9. The van der Waals surface area contributed by atoms with E-state index in [9.17, 15) is 13.2 Å². The fourth-order valence-corrected chi connectivity index (χ4v) is 4.67. The smallest absolute Gasteiger partial charge is 0.305 e. The van der Waals surface area contributed by atoms with E-state index in [2.05, 4.69) is 24.0 Å². The summed E-state index contributed by atoms with van der Waals surface area (Å²) in [5.41, 5.74) is 0. The van der Waals surface area contributed by atoms with Gasteiger partial charge in [-0.3, -0.25) is 19.1 Å². The standard InChI is InChI=1S/C26H50N2O5S.Na/c1-2-3-4-5-6-7-8-9-10-11-12-13-14-15-16-17-26(29)33-24-22-27-18-20-28(21-19-27)23-25-34(30,31)32;/h9-10H,2-8,11-25H2,1H3,(H,30,31,32);/b10-9-;. The molecule has 1 N–H and O–H groups in total. The summed E-state index contributed by atoms with van der Waals surface area (Å²) in [5.74, 6) is -0.328. The first-order valence-corrected chi connectivity index (χ1v) is 15.2. The van der Waals surface area contributed by atoms with Gasteiger partial charge in [-0.2, -0.15) is 8.42 Å². The van der Waals surface area contributed by atoms with Gasteiger partial charge in [0.2, 0.25) is 0 Å². The summed E-state index contributed by atoms with van der Waals surface area (Å²) < 4.78 is 35.9. The number of hydrogen-bond acceptors (Lipinski definition) is 6. The molecule has 0 amide bonds. The number of nitrogens with zero attached hydrogens (tertiary/aromatic N) is 2. The Morgan fingerprint density at radius 3 is 1.83 bits per heavy atom. The average molecular weight is 526 g/mol. The summed E-state index contributed by atoms with van der Waals surface area (Å²) in [5, 5.41) is 0. The number of esters is 1. The molecule has 1 heterocycles. The molecule has 9 heteroatoms. The molecule has 1 fully saturated rings. The number of piperazine rings is 1. The van der Waals surface area contributed by atoms with Crippen molar-refractivity contribution in [2.24, 2.45) is 0 Å². The largest absolute Gasteiger partial charge is 0.464 e. The van der Waals surface area contributed by atoms with Gasteiger partial charge in [-0.1, -0.05) is 70.4 Å². The average Bonchev–Trinajstić information content (AvgIpc) is 2.80. The van der Waals surface area contributed by atoms with E-state index in [1.165, 1.54) is 70.6 Å². The molecule has 1 aliphatic rings. The number of carbonyl (C=O) groups excluding carboxylic acids is 1. The molecule has 0 saturated carbocycles. The van der Waals surface area contributed by atoms with Crippen LogP contribution in [0.3, 0.4) is 0 Å². The fourth-order valence-electron chi connectivity index (χ4n) is 4.18. The van der Waals surface area contributed by atoms with Crippen LogP contribution in [0.15, 0.2) is 12.2 Å². The van der Waals surface area contributed by atoms with Gasteiger partial charge in [-0.15, -0.1) is 0 Å². The molecular weight excluding hydrogens is 475 g/mol. The molecule has 1 radical (unpaired) electrons. The fraction of sp³-hybridized carbons (Fsp3) is 0.885. The van der Waals surface area contributed by atoms with Crippen molar-refractivity contribution in [3.63, 3.8) is 0 Å². The van der Waals surface area contributed by atoms with Gasteiger partial charge in [-0.05, 0) is 32.1 Å². The quantitative estimate of drug-likeness (QED) is 0.0765. The van der Waals surface area contributed by atoms with Gasteiger partial charge in [0, 0.05) is 75.2 Å². The molecule has 0 unspecified atom stereocenters. The molecule has 0 bridgehead atoms. The van der Waals surface area contributed by atoms with Gasteiger partial charge in [-0.25, -0.2) is 0 Å². The maximum absolute atomic E-state index is 11.9. The Kier molecular flexibility index (Phi) is 23.2. The molecule has 7 nitrogen and oxygen atoms in total. The minimum atomic E-state index is -3.90. The molecular formula is C26H50N2NaO5S. The normalized spacial score (nSPS) is 15.4. The summed E-state index contributed by atoms with van der Waals surface area (Å²) in [7, 11) is -3.90. The Labute approximate surface area is 237 Å². The predicted octanol–water partition coefficient (Wildman–Crippen LogP) is 4.69. The van der Waals surface area contributed by atoms with E-state index >= 15 is 0 Å². The second kappa shape index (κ2) is 23.2. The van der Waals surface area contributed by atoms with Crippen molar-refractivity contribution in [2.45, 2.75) is 96.8 Å². The number of allylic oxidation sites excluding steroid dienone is 2. The molecule has 201 valence electrons. The van der Waals surface area contributed by atoms with Crippen molar-refractivity contribution >= 4 is 45.6 Å². The maximum atomic E-state index is 11.9. The molecule has 35 heavy (non-hydrogen) atoms. The third-order valence-corrected chi connectivity index (χ3v) is 7.14. The van der Waals surface area contributed by atoms with Crippen molar-refractivity contribution in [2.75, 3.05) is 51.6 Å². The Bertz CT molecular complexity index is 638. The summed E-state index contributed by atoms with van der Waals surface area (Å²) in [6, 6.07) is 0. The van der Waals surface area contributed by atoms with Gasteiger partial charge in [0.15, 0.2) is 0 Å². The maximum Gasteiger partial charge on any atom is 0.305 e. The summed E-state index contributed by atoms with van der Waals surface area (Å²) in [6.07, 6.45) is 21.4. The minimum absolute atomic E-state index is 0. The molecule has 0 aromatic carbocycles. The first-order valence-electron chi connectivity index (χ1n) is 13.6. The van der Waals surface area contributed by atoms with Crippen LogP contribution in [0.4, 0.5) is 0 Å². The molecule has 1 saturated heterocycles. The van der Waals surface area contributed by atoms with E-state index < -0.39 is 10.1 Å². The number of ether oxygens (including phenoxy) is 1. The summed E-state index contributed by atoms with van der Waals surface area (Å²) >= 11 is 0. The number of hydrogen-bond donors (Lipinski definition) is 1. The van der Waals surface area contributed by atoms with Crippen LogP contribution in [0.25, 0.3) is 0 Å². The van der Waals surface area contributed by atoms with Crippen LogP contribution in [0.1, 0.15) is 96.8 Å². The number of unbranched alkanes of at least 4 members (excludes halogenated alkanes) is 11. The predicted molar refractivity (Wildman–Crippen MR) is 145 cm³/mol. The molecule has 0 aliphatic carbocycles. The van der Waals surface area contributed by atoms with Gasteiger partial charge in [0.25, 0.3) is 10.1 Å². The molecule has 0 spiro atoms. The van der Waals surface area contributed by atoms with Crippen LogP contribution >= 0.6 is 0 Å². The second-order valence-corrected chi connectivity index (χ2v) is 11.1. The first-order chi connectivity index (χ1) is 16.4. The van der Waals surface area contributed by atoms with Crippen LogP contribution in [0.5, 0.6) is 0 Å². The van der Waals surface area contributed by atoms with E-state index in [1.807, 2.05) is 4.90 Å². The Morgan fingerprint density at radius 1 is 0.800 bits per heavy atom. The van der Waals surface area contributed by atoms with Crippen LogP contribution < -0.4 is 0 Å². The van der Waals surface area contributed by atoms with Crippen LogP contribution in [0.2, 0.25) is 0 Å². The molecule has 0 aromatic heterocycles. The van der Waals surface area contributed by atoms with E-state index in [4.69, 9.17) is 9.29 Å². The van der Waals surface area contributed by atoms with Gasteiger partial charge in [0.05, 0.1) is 5.75 Å². The van der Waals surface area contributed by atoms with Gasteiger partial charge in [0.1, 0.15) is 6.61 Å². The molecule has 0 aromatic rings. The Balaban J connectivity index is 0.0000116. The number of carbonyl (C=O) groups is 1. The van der Waals surface area contributed by atoms with Crippen molar-refractivity contribution in [1.82, 2.24) is 9.80 Å². The SMILES string of the molecule is CCCCCCCC/C=C\CCCCCCCC(=O)OCCN1CCN(CCS(=O)(=O)O)CC1.[Na]. The zero-order valence-corrected chi connectivity index (χ0v) is 25.4. The van der Waals surface area contributed by atoms with Crippen molar-refractivity contribution in [1.29, 1.82) is 0 Å². The van der Waals surface area contributed by atoms with E-state index in [0.29, 0.717) is 26.1 Å². The van der Waals surface area contributed by atoms with Crippen molar-refractivity contribution in [3.05, 3.63) is 12.2 Å². The monoisotopic (exact) mass is 525 g/mol. The summed E-state index contributed by atoms with van der Waals surface area (Å²) in [6.45, 7) is 6.90. The van der Waals surface area contributed by atoms with Gasteiger partial charge >= 0.3 is 5.97 Å². The van der Waals surface area contributed by atoms with Gasteiger partial charge < -0.3 is 4.74 Å². The summed E-state index contributed by atoms with van der Waals surface area (Å²) in [4.78, 5) is 16.2. The number of rotatable bonds is 21. The second-order valence-electron chi connectivity index (χ2n) is 9.52. The zero-order valence-electron chi connectivity index (χ0n) is 22.6. The molecule has 1 aliphatic heterocycles. The van der Waals surface area contributed by atoms with E-state index in [1.54, 1.807) is 0 Å². The van der Waals surface area contributed by atoms with Crippen LogP contribution in [0, 0.1) is 0 Å². The topological polar surface area (TPSA) is 87.2 Å². The molecule has 0 atom stereocenters. The van der Waals surface area contributed by atoms with E-state index in [-0.39, 0.29) is 41.3 Å². The first kappa shape index (κ1) is 35.0. The third-order valence-electron chi connectivity index (χ3n) is 6.44.